The molecule has 3 rings (SSSR count). The Morgan fingerprint density at radius 1 is 1.28 bits per heavy atom. The first-order valence-corrected chi connectivity index (χ1v) is 7.97. The van der Waals surface area contributed by atoms with Gasteiger partial charge in [0.1, 0.15) is 11.1 Å². The SMILES string of the molecule is CC(C)(C)NC(=O)N1C(=O)[C@H](C(=O)c2ccco2)c2nc(Cl)ccc21. The average molecular weight is 362 g/mol. The second-order valence-electron chi connectivity index (χ2n) is 6.67. The third-order valence-electron chi connectivity index (χ3n) is 3.56. The number of urea groups is 1. The van der Waals surface area contributed by atoms with Crippen LogP contribution >= 0.6 is 11.6 Å². The molecule has 0 aliphatic carbocycles. The fourth-order valence-electron chi connectivity index (χ4n) is 2.59. The van der Waals surface area contributed by atoms with Gasteiger partial charge in [-0.2, -0.15) is 0 Å². The number of nitrogens with one attached hydrogen (secondary N) is 1. The van der Waals surface area contributed by atoms with Gasteiger partial charge in [-0.25, -0.2) is 14.7 Å². The number of imide groups is 1. The molecule has 25 heavy (non-hydrogen) atoms. The molecule has 2 aromatic rings. The minimum atomic E-state index is -1.27. The van der Waals surface area contributed by atoms with Crippen LogP contribution in [0.4, 0.5) is 10.5 Å². The Balaban J connectivity index is 2.05. The molecule has 3 amide bonds. The van der Waals surface area contributed by atoms with Crippen molar-refractivity contribution in [2.75, 3.05) is 4.90 Å². The highest BCUT2D eigenvalue weighted by molar-refractivity contribution is 6.31. The lowest BCUT2D eigenvalue weighted by molar-refractivity contribution is -0.117. The molecular weight excluding hydrogens is 346 g/mol. The van der Waals surface area contributed by atoms with E-state index in [4.69, 9.17) is 16.0 Å². The monoisotopic (exact) mass is 361 g/mol. The van der Waals surface area contributed by atoms with Crippen LogP contribution in [0.25, 0.3) is 0 Å². The van der Waals surface area contributed by atoms with Gasteiger partial charge in [0, 0.05) is 5.54 Å². The third kappa shape index (κ3) is 3.15. The molecule has 0 spiro atoms. The van der Waals surface area contributed by atoms with Gasteiger partial charge in [-0.15, -0.1) is 0 Å². The van der Waals surface area contributed by atoms with Crippen LogP contribution in [0.1, 0.15) is 42.9 Å². The van der Waals surface area contributed by atoms with Gasteiger partial charge in [0.25, 0.3) is 5.91 Å². The highest BCUT2D eigenvalue weighted by atomic mass is 35.5. The fourth-order valence-corrected chi connectivity index (χ4v) is 2.75. The zero-order chi connectivity index (χ0) is 18.4. The van der Waals surface area contributed by atoms with E-state index in [2.05, 4.69) is 10.3 Å². The summed E-state index contributed by atoms with van der Waals surface area (Å²) in [6, 6.07) is 5.34. The van der Waals surface area contributed by atoms with Crippen molar-refractivity contribution in [1.82, 2.24) is 10.3 Å². The van der Waals surface area contributed by atoms with Crippen LogP contribution in [-0.2, 0) is 4.79 Å². The molecule has 8 heteroatoms. The maximum absolute atomic E-state index is 12.9. The molecule has 0 saturated carbocycles. The van der Waals surface area contributed by atoms with E-state index in [0.29, 0.717) is 0 Å². The molecule has 1 atom stereocenters. The van der Waals surface area contributed by atoms with E-state index in [1.165, 1.54) is 24.5 Å². The lowest BCUT2D eigenvalue weighted by atomic mass is 9.99. The number of hydrogen-bond acceptors (Lipinski definition) is 5. The Hall–Kier alpha value is -2.67. The Kier molecular flexibility index (Phi) is 4.12. The van der Waals surface area contributed by atoms with Gasteiger partial charge in [0.2, 0.25) is 5.78 Å². The molecule has 0 radical (unpaired) electrons. The molecular formula is C17H16ClN3O4. The van der Waals surface area contributed by atoms with Crippen LogP contribution < -0.4 is 10.2 Å². The lowest BCUT2D eigenvalue weighted by Gasteiger charge is -2.24. The van der Waals surface area contributed by atoms with Crippen molar-refractivity contribution in [1.29, 1.82) is 0 Å². The number of Topliss-reactive ketones (excluding diaryl/α,β-unsaturated/α-hetero) is 1. The zero-order valence-electron chi connectivity index (χ0n) is 13.9. The van der Waals surface area contributed by atoms with E-state index >= 15 is 0 Å². The van der Waals surface area contributed by atoms with Gasteiger partial charge in [0.15, 0.2) is 5.76 Å². The zero-order valence-corrected chi connectivity index (χ0v) is 14.6. The number of furan rings is 1. The largest absolute Gasteiger partial charge is 0.461 e. The molecule has 3 heterocycles. The van der Waals surface area contributed by atoms with Gasteiger partial charge in [0.05, 0.1) is 17.6 Å². The smallest absolute Gasteiger partial charge is 0.329 e. The number of amides is 3. The number of hydrogen-bond donors (Lipinski definition) is 1. The lowest BCUT2D eigenvalue weighted by Crippen LogP contribution is -2.50. The highest BCUT2D eigenvalue weighted by Gasteiger charge is 2.47. The standard InChI is InChI=1S/C17H16ClN3O4/c1-17(2,3)20-16(24)21-9-6-7-11(18)19-13(9)12(15(21)23)14(22)10-5-4-8-25-10/h4-8,12H,1-3H3,(H,20,24)/t12-/m0/s1. The number of fused-ring (bicyclic) bond motifs is 1. The first kappa shape index (κ1) is 17.2. The van der Waals surface area contributed by atoms with Crippen LogP contribution in [-0.4, -0.2) is 28.2 Å². The second-order valence-corrected chi connectivity index (χ2v) is 7.05. The minimum Gasteiger partial charge on any atom is -0.461 e. The quantitative estimate of drug-likeness (QED) is 0.504. The van der Waals surface area contributed by atoms with E-state index < -0.39 is 29.2 Å². The van der Waals surface area contributed by atoms with Crippen molar-refractivity contribution >= 4 is 35.0 Å². The fraction of sp³-hybridized carbons (Fsp3) is 0.294. The van der Waals surface area contributed by atoms with Crippen molar-refractivity contribution in [2.45, 2.75) is 32.2 Å². The maximum Gasteiger partial charge on any atom is 0.329 e. The number of carbonyl (C=O) groups excluding carboxylic acids is 3. The number of anilines is 1. The Bertz CT molecular complexity index is 855. The Morgan fingerprint density at radius 2 is 2.00 bits per heavy atom. The molecule has 1 N–H and O–H groups in total. The molecule has 0 fully saturated rings. The Labute approximate surface area is 149 Å². The predicted octanol–water partition coefficient (Wildman–Crippen LogP) is 3.15. The normalized spacial score (nSPS) is 16.7. The molecule has 0 saturated heterocycles. The molecule has 0 unspecified atom stereocenters. The van der Waals surface area contributed by atoms with Crippen molar-refractivity contribution in [2.24, 2.45) is 0 Å². The van der Waals surface area contributed by atoms with Gasteiger partial charge in [-0.3, -0.25) is 9.59 Å². The number of nitrogens with zero attached hydrogens (tertiary/aromatic N) is 2. The van der Waals surface area contributed by atoms with Crippen molar-refractivity contribution in [3.05, 3.63) is 47.1 Å². The first-order chi connectivity index (χ1) is 11.7. The number of ketones is 1. The van der Waals surface area contributed by atoms with Crippen molar-refractivity contribution in [3.63, 3.8) is 0 Å². The summed E-state index contributed by atoms with van der Waals surface area (Å²) in [7, 11) is 0. The number of aromatic nitrogens is 1. The first-order valence-electron chi connectivity index (χ1n) is 7.59. The number of rotatable bonds is 2. The molecule has 0 aromatic carbocycles. The number of carbonyl (C=O) groups is 3. The predicted molar refractivity (Wildman–Crippen MR) is 90.8 cm³/mol. The van der Waals surface area contributed by atoms with Gasteiger partial charge < -0.3 is 9.73 Å². The number of pyridine rings is 1. The van der Waals surface area contributed by atoms with Crippen LogP contribution in [0, 0.1) is 0 Å². The molecule has 1 aliphatic rings. The maximum atomic E-state index is 12.9. The van der Waals surface area contributed by atoms with Gasteiger partial charge >= 0.3 is 6.03 Å². The van der Waals surface area contributed by atoms with E-state index in [0.717, 1.165) is 4.90 Å². The molecule has 130 valence electrons. The summed E-state index contributed by atoms with van der Waals surface area (Å²) < 4.78 is 5.10. The van der Waals surface area contributed by atoms with Gasteiger partial charge in [-0.1, -0.05) is 11.6 Å². The topological polar surface area (TPSA) is 92.5 Å². The molecule has 0 bridgehead atoms. The molecule has 2 aromatic heterocycles. The summed E-state index contributed by atoms with van der Waals surface area (Å²) in [5, 5.41) is 2.84. The van der Waals surface area contributed by atoms with E-state index in [-0.39, 0.29) is 22.3 Å². The van der Waals surface area contributed by atoms with E-state index in [1.54, 1.807) is 26.8 Å². The summed E-state index contributed by atoms with van der Waals surface area (Å²) in [5.74, 6) is -2.51. The van der Waals surface area contributed by atoms with Crippen molar-refractivity contribution in [3.8, 4) is 0 Å². The van der Waals surface area contributed by atoms with Gasteiger partial charge in [-0.05, 0) is 45.0 Å². The van der Waals surface area contributed by atoms with Crippen LogP contribution in [0.3, 0.4) is 0 Å². The second kappa shape index (κ2) is 6.00. The molecule has 7 nitrogen and oxygen atoms in total. The average Bonchev–Trinajstić information content (AvgIpc) is 3.10. The summed E-state index contributed by atoms with van der Waals surface area (Å²) >= 11 is 5.92. The summed E-state index contributed by atoms with van der Waals surface area (Å²) in [4.78, 5) is 43.2. The minimum absolute atomic E-state index is 0.0177. The number of halogens is 1. The highest BCUT2D eigenvalue weighted by Crippen LogP contribution is 2.39. The van der Waals surface area contributed by atoms with Crippen LogP contribution in [0.5, 0.6) is 0 Å². The van der Waals surface area contributed by atoms with Crippen molar-refractivity contribution < 1.29 is 18.8 Å². The summed E-state index contributed by atoms with van der Waals surface area (Å²) in [5.41, 5.74) is -0.176. The Morgan fingerprint density at radius 3 is 2.60 bits per heavy atom. The summed E-state index contributed by atoms with van der Waals surface area (Å²) in [6.45, 7) is 5.37. The van der Waals surface area contributed by atoms with E-state index in [9.17, 15) is 14.4 Å². The van der Waals surface area contributed by atoms with E-state index in [1.807, 2.05) is 0 Å². The molecule has 1 aliphatic heterocycles. The van der Waals surface area contributed by atoms with Crippen LogP contribution in [0.15, 0.2) is 34.9 Å². The third-order valence-corrected chi connectivity index (χ3v) is 3.77. The summed E-state index contributed by atoms with van der Waals surface area (Å²) in [6.07, 6.45) is 1.34. The van der Waals surface area contributed by atoms with Crippen LogP contribution in [0.2, 0.25) is 5.15 Å².